The number of fused-ring (bicyclic) bond motifs is 2. The first-order valence-corrected chi connectivity index (χ1v) is 6.33. The molecule has 0 aliphatic rings. The molecule has 0 spiro atoms. The Labute approximate surface area is 123 Å². The lowest BCUT2D eigenvalue weighted by Crippen LogP contribution is -2.06. The van der Waals surface area contributed by atoms with Gasteiger partial charge in [-0.3, -0.25) is 14.9 Å². The van der Waals surface area contributed by atoms with Gasteiger partial charge in [0.1, 0.15) is 16.7 Å². The third-order valence-electron chi connectivity index (χ3n) is 3.38. The van der Waals surface area contributed by atoms with Gasteiger partial charge in [-0.25, -0.2) is 0 Å². The predicted octanol–water partition coefficient (Wildman–Crippen LogP) is 2.87. The van der Waals surface area contributed by atoms with Crippen LogP contribution in [0.5, 0.6) is 11.5 Å². The Balaban J connectivity index is 2.64. The van der Waals surface area contributed by atoms with Crippen LogP contribution in [0.1, 0.15) is 0 Å². The van der Waals surface area contributed by atoms with Crippen LogP contribution in [0.2, 0.25) is 0 Å². The molecule has 0 fully saturated rings. The summed E-state index contributed by atoms with van der Waals surface area (Å²) in [5.41, 5.74) is -0.691. The number of benzene rings is 2. The molecule has 3 aromatic rings. The Morgan fingerprint density at radius 2 is 1.82 bits per heavy atom. The van der Waals surface area contributed by atoms with E-state index in [0.29, 0.717) is 5.39 Å². The SMILES string of the molecule is COc1cc(OC)c2c(=O)c3ccccc3oc2c1[N+](=O)[O-]. The van der Waals surface area contributed by atoms with E-state index in [0.717, 1.165) is 0 Å². The summed E-state index contributed by atoms with van der Waals surface area (Å²) in [4.78, 5) is 23.4. The van der Waals surface area contributed by atoms with Crippen LogP contribution < -0.4 is 14.9 Å². The molecule has 1 aromatic heterocycles. The second-order valence-corrected chi connectivity index (χ2v) is 4.52. The smallest absolute Gasteiger partial charge is 0.354 e. The standard InChI is InChI=1S/C15H11NO6/c1-20-10-7-11(21-2)13(16(18)19)15-12(10)14(17)8-5-3-4-6-9(8)22-15/h3-7H,1-2H3. The lowest BCUT2D eigenvalue weighted by Gasteiger charge is -2.09. The molecule has 3 rings (SSSR count). The second kappa shape index (κ2) is 5.03. The number of hydrogen-bond acceptors (Lipinski definition) is 6. The first-order chi connectivity index (χ1) is 10.6. The molecule has 0 aliphatic carbocycles. The van der Waals surface area contributed by atoms with E-state index < -0.39 is 10.6 Å². The maximum absolute atomic E-state index is 12.6. The lowest BCUT2D eigenvalue weighted by atomic mass is 10.1. The van der Waals surface area contributed by atoms with Crippen molar-refractivity contribution < 1.29 is 18.8 Å². The van der Waals surface area contributed by atoms with E-state index in [1.165, 1.54) is 20.3 Å². The van der Waals surface area contributed by atoms with Gasteiger partial charge in [0, 0.05) is 6.07 Å². The fraction of sp³-hybridized carbons (Fsp3) is 0.133. The number of methoxy groups -OCH3 is 2. The van der Waals surface area contributed by atoms with Crippen LogP contribution in [-0.4, -0.2) is 19.1 Å². The number of ether oxygens (including phenoxy) is 2. The molecule has 0 amide bonds. The highest BCUT2D eigenvalue weighted by atomic mass is 16.6. The maximum Gasteiger partial charge on any atom is 0.354 e. The van der Waals surface area contributed by atoms with Gasteiger partial charge in [-0.05, 0) is 12.1 Å². The summed E-state index contributed by atoms with van der Waals surface area (Å²) in [5, 5.41) is 11.7. The summed E-state index contributed by atoms with van der Waals surface area (Å²) >= 11 is 0. The van der Waals surface area contributed by atoms with Crippen LogP contribution in [0.4, 0.5) is 5.69 Å². The van der Waals surface area contributed by atoms with E-state index in [1.807, 2.05) is 0 Å². The molecule has 0 saturated carbocycles. The van der Waals surface area contributed by atoms with Crippen molar-refractivity contribution in [3.05, 3.63) is 50.7 Å². The molecular formula is C15H11NO6. The number of nitro groups is 1. The van der Waals surface area contributed by atoms with Gasteiger partial charge in [0.05, 0.1) is 24.5 Å². The molecule has 0 unspecified atom stereocenters. The highest BCUT2D eigenvalue weighted by molar-refractivity contribution is 5.99. The maximum atomic E-state index is 12.6. The van der Waals surface area contributed by atoms with Gasteiger partial charge in [-0.2, -0.15) is 0 Å². The molecule has 112 valence electrons. The molecule has 0 bridgehead atoms. The molecule has 7 heteroatoms. The quantitative estimate of drug-likeness (QED) is 0.419. The van der Waals surface area contributed by atoms with Crippen molar-refractivity contribution in [1.82, 2.24) is 0 Å². The molecule has 0 radical (unpaired) electrons. The fourth-order valence-electron chi connectivity index (χ4n) is 2.39. The average Bonchev–Trinajstić information content (AvgIpc) is 2.53. The second-order valence-electron chi connectivity index (χ2n) is 4.52. The zero-order chi connectivity index (χ0) is 15.9. The highest BCUT2D eigenvalue weighted by Crippen LogP contribution is 2.40. The number of para-hydroxylation sites is 1. The summed E-state index contributed by atoms with van der Waals surface area (Å²) in [5.74, 6) is 0.129. The number of nitro benzene ring substituents is 1. The molecule has 1 heterocycles. The van der Waals surface area contributed by atoms with E-state index in [2.05, 4.69) is 0 Å². The minimum absolute atomic E-state index is 0.0219. The van der Waals surface area contributed by atoms with Crippen LogP contribution in [0.15, 0.2) is 39.5 Å². The summed E-state index contributed by atoms with van der Waals surface area (Å²) in [6, 6.07) is 7.85. The van der Waals surface area contributed by atoms with Gasteiger partial charge >= 0.3 is 5.69 Å². The highest BCUT2D eigenvalue weighted by Gasteiger charge is 2.27. The van der Waals surface area contributed by atoms with Crippen molar-refractivity contribution in [2.75, 3.05) is 14.2 Å². The average molecular weight is 301 g/mol. The van der Waals surface area contributed by atoms with Gasteiger partial charge in [0.25, 0.3) is 0 Å². The largest absolute Gasteiger partial charge is 0.496 e. The van der Waals surface area contributed by atoms with Crippen LogP contribution in [0.3, 0.4) is 0 Å². The van der Waals surface area contributed by atoms with Crippen molar-refractivity contribution in [1.29, 1.82) is 0 Å². The van der Waals surface area contributed by atoms with Crippen LogP contribution in [0.25, 0.3) is 21.9 Å². The topological polar surface area (TPSA) is 91.8 Å². The zero-order valence-electron chi connectivity index (χ0n) is 11.8. The van der Waals surface area contributed by atoms with E-state index in [-0.39, 0.29) is 33.5 Å². The van der Waals surface area contributed by atoms with E-state index in [1.54, 1.807) is 24.3 Å². The molecular weight excluding hydrogens is 290 g/mol. The first-order valence-electron chi connectivity index (χ1n) is 6.33. The van der Waals surface area contributed by atoms with Gasteiger partial charge < -0.3 is 13.9 Å². The molecule has 0 aliphatic heterocycles. The van der Waals surface area contributed by atoms with Crippen molar-refractivity contribution in [3.8, 4) is 11.5 Å². The summed E-state index contributed by atoms with van der Waals surface area (Å²) < 4.78 is 15.8. The van der Waals surface area contributed by atoms with E-state index in [9.17, 15) is 14.9 Å². The summed E-state index contributed by atoms with van der Waals surface area (Å²) in [7, 11) is 2.67. The Morgan fingerprint density at radius 1 is 1.14 bits per heavy atom. The normalized spacial score (nSPS) is 10.8. The van der Waals surface area contributed by atoms with E-state index >= 15 is 0 Å². The molecule has 0 atom stereocenters. The molecule has 0 saturated heterocycles. The number of hydrogen-bond donors (Lipinski definition) is 0. The first kappa shape index (κ1) is 13.9. The number of rotatable bonds is 3. The Bertz CT molecular complexity index is 960. The summed E-state index contributed by atoms with van der Waals surface area (Å²) in [6.07, 6.45) is 0. The lowest BCUT2D eigenvalue weighted by molar-refractivity contribution is -0.384. The Morgan fingerprint density at radius 3 is 2.45 bits per heavy atom. The Kier molecular flexibility index (Phi) is 3.17. The van der Waals surface area contributed by atoms with Gasteiger partial charge in [-0.15, -0.1) is 0 Å². The summed E-state index contributed by atoms with van der Waals surface area (Å²) in [6.45, 7) is 0. The van der Waals surface area contributed by atoms with Gasteiger partial charge in [0.2, 0.25) is 16.8 Å². The Hall–Kier alpha value is -3.09. The minimum Gasteiger partial charge on any atom is -0.496 e. The molecule has 7 nitrogen and oxygen atoms in total. The van der Waals surface area contributed by atoms with Crippen molar-refractivity contribution in [2.24, 2.45) is 0 Å². The minimum atomic E-state index is -0.641. The molecule has 22 heavy (non-hydrogen) atoms. The van der Waals surface area contributed by atoms with Crippen molar-refractivity contribution in [3.63, 3.8) is 0 Å². The molecule has 2 aromatic carbocycles. The van der Waals surface area contributed by atoms with E-state index in [4.69, 9.17) is 13.9 Å². The van der Waals surface area contributed by atoms with Gasteiger partial charge in [0.15, 0.2) is 0 Å². The van der Waals surface area contributed by atoms with Crippen molar-refractivity contribution in [2.45, 2.75) is 0 Å². The zero-order valence-corrected chi connectivity index (χ0v) is 11.8. The number of nitrogens with zero attached hydrogens (tertiary/aromatic N) is 1. The van der Waals surface area contributed by atoms with Crippen LogP contribution in [0, 0.1) is 10.1 Å². The van der Waals surface area contributed by atoms with Gasteiger partial charge in [-0.1, -0.05) is 12.1 Å². The molecule has 0 N–H and O–H groups in total. The van der Waals surface area contributed by atoms with Crippen LogP contribution >= 0.6 is 0 Å². The van der Waals surface area contributed by atoms with Crippen LogP contribution in [-0.2, 0) is 0 Å². The third kappa shape index (κ3) is 1.86. The third-order valence-corrected chi connectivity index (χ3v) is 3.38. The van der Waals surface area contributed by atoms with Crippen molar-refractivity contribution >= 4 is 27.6 Å². The predicted molar refractivity (Wildman–Crippen MR) is 79.7 cm³/mol. The monoisotopic (exact) mass is 301 g/mol. The fourth-order valence-corrected chi connectivity index (χ4v) is 2.39.